The fraction of sp³-hybridized carbons (Fsp3) is 0.421. The van der Waals surface area contributed by atoms with Gasteiger partial charge in [-0.2, -0.15) is 4.98 Å². The largest absolute Gasteiger partial charge is 0.377 e. The number of rotatable bonds is 7. The minimum absolute atomic E-state index is 0.0733. The molecule has 1 aliphatic heterocycles. The van der Waals surface area contributed by atoms with Crippen LogP contribution in [-0.4, -0.2) is 57.0 Å². The Labute approximate surface area is 166 Å². The number of nitrogens with zero attached hydrogens (tertiary/aromatic N) is 4. The van der Waals surface area contributed by atoms with Crippen molar-refractivity contribution >= 4 is 22.8 Å². The Morgan fingerprint density at radius 3 is 2.90 bits per heavy atom. The van der Waals surface area contributed by atoms with E-state index in [9.17, 15) is 9.59 Å². The highest BCUT2D eigenvalue weighted by molar-refractivity contribution is 5.82. The van der Waals surface area contributed by atoms with E-state index in [1.54, 1.807) is 4.90 Å². The number of H-pyrrole nitrogens is 1. The normalized spacial score (nSPS) is 19.1. The fourth-order valence-corrected chi connectivity index (χ4v) is 3.66. The lowest BCUT2D eigenvalue weighted by Gasteiger charge is -2.15. The standard InChI is InChI=1S/C19H22N6O4/c1-28-10-16-23-19(29-24-16)12-9-25(8-11(12)18(20)27)17(26)7-6-15-21-13-4-2-3-5-14(13)22-15/h2-5,11-12H,6-10H2,1H3,(H2,20,27)(H,21,22). The predicted molar refractivity (Wildman–Crippen MR) is 101 cm³/mol. The van der Waals surface area contributed by atoms with Crippen LogP contribution in [0.25, 0.3) is 11.0 Å². The molecule has 3 aromatic rings. The number of imidazole rings is 1. The highest BCUT2D eigenvalue weighted by Gasteiger charge is 2.42. The topological polar surface area (TPSA) is 140 Å². The summed E-state index contributed by atoms with van der Waals surface area (Å²) in [6.45, 7) is 0.750. The fourth-order valence-electron chi connectivity index (χ4n) is 3.66. The Hall–Kier alpha value is -3.27. The van der Waals surface area contributed by atoms with Gasteiger partial charge < -0.3 is 24.9 Å². The van der Waals surface area contributed by atoms with Gasteiger partial charge in [-0.15, -0.1) is 0 Å². The van der Waals surface area contributed by atoms with Crippen LogP contribution in [0.15, 0.2) is 28.8 Å². The summed E-state index contributed by atoms with van der Waals surface area (Å²) in [6.07, 6.45) is 0.755. The van der Waals surface area contributed by atoms with Crippen LogP contribution in [0.4, 0.5) is 0 Å². The maximum Gasteiger partial charge on any atom is 0.232 e. The molecule has 10 nitrogen and oxygen atoms in total. The van der Waals surface area contributed by atoms with Gasteiger partial charge in [0.15, 0.2) is 5.82 Å². The Kier molecular flexibility index (Phi) is 5.26. The van der Waals surface area contributed by atoms with E-state index >= 15 is 0 Å². The first-order valence-corrected chi connectivity index (χ1v) is 9.37. The second kappa shape index (κ2) is 8.00. The quantitative estimate of drug-likeness (QED) is 0.598. The number of aryl methyl sites for hydroxylation is 1. The van der Waals surface area contributed by atoms with Crippen LogP contribution in [0.5, 0.6) is 0 Å². The molecule has 2 unspecified atom stereocenters. The molecule has 1 aromatic carbocycles. The van der Waals surface area contributed by atoms with Crippen molar-refractivity contribution in [2.45, 2.75) is 25.4 Å². The predicted octanol–water partition coefficient (Wildman–Crippen LogP) is 0.752. The first-order valence-electron chi connectivity index (χ1n) is 9.37. The number of amides is 2. The van der Waals surface area contributed by atoms with E-state index in [1.165, 1.54) is 7.11 Å². The molecule has 3 N–H and O–H groups in total. The van der Waals surface area contributed by atoms with Crippen molar-refractivity contribution in [1.29, 1.82) is 0 Å². The van der Waals surface area contributed by atoms with Crippen molar-refractivity contribution in [2.24, 2.45) is 11.7 Å². The summed E-state index contributed by atoms with van der Waals surface area (Å²) < 4.78 is 10.3. The van der Waals surface area contributed by atoms with Gasteiger partial charge in [-0.1, -0.05) is 17.3 Å². The van der Waals surface area contributed by atoms with E-state index < -0.39 is 17.7 Å². The monoisotopic (exact) mass is 398 g/mol. The minimum Gasteiger partial charge on any atom is -0.377 e. The van der Waals surface area contributed by atoms with Gasteiger partial charge in [-0.3, -0.25) is 9.59 Å². The summed E-state index contributed by atoms with van der Waals surface area (Å²) in [7, 11) is 1.53. The number of hydrogen-bond donors (Lipinski definition) is 2. The molecule has 2 aromatic heterocycles. The summed E-state index contributed by atoms with van der Waals surface area (Å²) in [6, 6.07) is 7.71. The van der Waals surface area contributed by atoms with Gasteiger partial charge >= 0.3 is 0 Å². The number of hydrogen-bond acceptors (Lipinski definition) is 7. The van der Waals surface area contributed by atoms with Crippen LogP contribution in [0, 0.1) is 5.92 Å². The van der Waals surface area contributed by atoms with Crippen molar-refractivity contribution in [2.75, 3.05) is 20.2 Å². The van der Waals surface area contributed by atoms with Crippen LogP contribution in [0.2, 0.25) is 0 Å². The minimum atomic E-state index is -0.569. The highest BCUT2D eigenvalue weighted by Crippen LogP contribution is 2.32. The number of carbonyl (C=O) groups excluding carboxylic acids is 2. The smallest absolute Gasteiger partial charge is 0.232 e. The first-order chi connectivity index (χ1) is 14.0. The van der Waals surface area contributed by atoms with Gasteiger partial charge in [0.2, 0.25) is 17.7 Å². The number of methoxy groups -OCH3 is 1. The van der Waals surface area contributed by atoms with Crippen molar-refractivity contribution in [3.05, 3.63) is 41.8 Å². The molecule has 1 aliphatic rings. The van der Waals surface area contributed by atoms with Crippen molar-refractivity contribution in [3.63, 3.8) is 0 Å². The molecule has 0 spiro atoms. The number of para-hydroxylation sites is 2. The van der Waals surface area contributed by atoms with Gasteiger partial charge in [-0.05, 0) is 12.1 Å². The van der Waals surface area contributed by atoms with Gasteiger partial charge in [-0.25, -0.2) is 4.98 Å². The molecule has 2 amide bonds. The van der Waals surface area contributed by atoms with Gasteiger partial charge in [0.05, 0.1) is 22.9 Å². The summed E-state index contributed by atoms with van der Waals surface area (Å²) in [4.78, 5) is 38.3. The van der Waals surface area contributed by atoms with E-state index in [1.807, 2.05) is 24.3 Å². The number of carbonyl (C=O) groups is 2. The maximum absolute atomic E-state index is 12.7. The van der Waals surface area contributed by atoms with Crippen molar-refractivity contribution < 1.29 is 18.8 Å². The number of benzene rings is 1. The lowest BCUT2D eigenvalue weighted by molar-refractivity contribution is -0.130. The van der Waals surface area contributed by atoms with Gasteiger partial charge in [0, 0.05) is 33.0 Å². The SMILES string of the molecule is COCc1noc(C2CN(C(=O)CCc3nc4ccccc4[nH]3)CC2C(N)=O)n1. The highest BCUT2D eigenvalue weighted by atomic mass is 16.5. The zero-order valence-electron chi connectivity index (χ0n) is 16.0. The third-order valence-corrected chi connectivity index (χ3v) is 5.13. The molecule has 10 heteroatoms. The molecule has 152 valence electrons. The first kappa shape index (κ1) is 19.1. The van der Waals surface area contributed by atoms with Gasteiger partial charge in [0.1, 0.15) is 12.4 Å². The molecule has 0 saturated carbocycles. The molecule has 29 heavy (non-hydrogen) atoms. The summed E-state index contributed by atoms with van der Waals surface area (Å²) >= 11 is 0. The Morgan fingerprint density at radius 1 is 1.31 bits per heavy atom. The maximum atomic E-state index is 12.7. The number of nitrogens with one attached hydrogen (secondary N) is 1. The van der Waals surface area contributed by atoms with Crippen molar-refractivity contribution in [3.8, 4) is 0 Å². The lowest BCUT2D eigenvalue weighted by Crippen LogP contribution is -2.32. The van der Waals surface area contributed by atoms with Crippen LogP contribution in [0.3, 0.4) is 0 Å². The molecule has 1 fully saturated rings. The number of aromatic amines is 1. The van der Waals surface area contributed by atoms with Crippen molar-refractivity contribution in [1.82, 2.24) is 25.0 Å². The number of primary amides is 1. The van der Waals surface area contributed by atoms with E-state index in [0.717, 1.165) is 16.9 Å². The number of ether oxygens (including phenoxy) is 1. The number of likely N-dealkylation sites (tertiary alicyclic amines) is 1. The number of nitrogens with two attached hydrogens (primary N) is 1. The molecule has 2 atom stereocenters. The molecular formula is C19H22N6O4. The molecule has 0 radical (unpaired) electrons. The zero-order valence-corrected chi connectivity index (χ0v) is 16.0. The Balaban J connectivity index is 1.42. The molecule has 0 aliphatic carbocycles. The Morgan fingerprint density at radius 2 is 2.14 bits per heavy atom. The van der Waals surface area contributed by atoms with E-state index in [0.29, 0.717) is 24.7 Å². The van der Waals surface area contributed by atoms with Crippen LogP contribution in [0.1, 0.15) is 29.9 Å². The summed E-state index contributed by atoms with van der Waals surface area (Å²) in [5.74, 6) is -0.108. The third-order valence-electron chi connectivity index (χ3n) is 5.13. The molecule has 4 rings (SSSR count). The molecule has 1 saturated heterocycles. The molecule has 3 heterocycles. The van der Waals surface area contributed by atoms with E-state index in [2.05, 4.69) is 20.1 Å². The second-order valence-corrected chi connectivity index (χ2v) is 7.10. The van der Waals surface area contributed by atoms with Crippen LogP contribution in [-0.2, 0) is 27.4 Å². The van der Waals surface area contributed by atoms with E-state index in [4.69, 9.17) is 15.0 Å². The number of fused-ring (bicyclic) bond motifs is 1. The summed E-state index contributed by atoms with van der Waals surface area (Å²) in [5.41, 5.74) is 7.36. The number of aromatic nitrogens is 4. The average Bonchev–Trinajstić information content (AvgIpc) is 3.43. The third kappa shape index (κ3) is 3.97. The Bertz CT molecular complexity index is 996. The lowest BCUT2D eigenvalue weighted by atomic mass is 9.95. The summed E-state index contributed by atoms with van der Waals surface area (Å²) in [5, 5.41) is 3.83. The van der Waals surface area contributed by atoms with Gasteiger partial charge in [0.25, 0.3) is 0 Å². The van der Waals surface area contributed by atoms with Crippen LogP contribution >= 0.6 is 0 Å². The average molecular weight is 398 g/mol. The molecular weight excluding hydrogens is 376 g/mol. The second-order valence-electron chi connectivity index (χ2n) is 7.10. The van der Waals surface area contributed by atoms with Crippen LogP contribution < -0.4 is 5.73 Å². The molecule has 0 bridgehead atoms. The zero-order chi connectivity index (χ0) is 20.4. The van der Waals surface area contributed by atoms with E-state index in [-0.39, 0.29) is 25.5 Å².